The van der Waals surface area contributed by atoms with E-state index >= 15 is 0 Å². The molecule has 0 unspecified atom stereocenters. The predicted octanol–water partition coefficient (Wildman–Crippen LogP) is 2.27. The summed E-state index contributed by atoms with van der Waals surface area (Å²) in [5.41, 5.74) is 2.75. The first-order chi connectivity index (χ1) is 13.9. The van der Waals surface area contributed by atoms with Gasteiger partial charge in [0.05, 0.1) is 0 Å². The van der Waals surface area contributed by atoms with Gasteiger partial charge in [-0.3, -0.25) is 9.59 Å². The van der Waals surface area contributed by atoms with Crippen molar-refractivity contribution in [3.8, 4) is 0 Å². The molecule has 160 valence electrons. The van der Waals surface area contributed by atoms with E-state index < -0.39 is 21.7 Å². The molecular formula is C21H26N4O4S. The van der Waals surface area contributed by atoms with Gasteiger partial charge in [0, 0.05) is 37.6 Å². The molecule has 2 N–H and O–H groups in total. The fourth-order valence-corrected chi connectivity index (χ4v) is 4.89. The van der Waals surface area contributed by atoms with Crippen LogP contribution in [0, 0.1) is 6.92 Å². The Bertz CT molecular complexity index is 1090. The Morgan fingerprint density at radius 1 is 1.13 bits per heavy atom. The first kappa shape index (κ1) is 21.8. The fourth-order valence-electron chi connectivity index (χ4n) is 3.29. The van der Waals surface area contributed by atoms with Crippen molar-refractivity contribution in [1.82, 2.24) is 9.03 Å². The van der Waals surface area contributed by atoms with Gasteiger partial charge in [-0.2, -0.15) is 12.7 Å². The van der Waals surface area contributed by atoms with Gasteiger partial charge in [0.15, 0.2) is 0 Å². The van der Waals surface area contributed by atoms with Crippen LogP contribution in [0.4, 0.5) is 11.4 Å². The number of rotatable bonds is 5. The minimum atomic E-state index is -3.87. The van der Waals surface area contributed by atoms with Crippen LogP contribution in [-0.2, 0) is 21.5 Å². The second kappa shape index (κ2) is 7.73. The third-order valence-corrected chi connectivity index (χ3v) is 6.79. The third kappa shape index (κ3) is 4.17. The van der Waals surface area contributed by atoms with E-state index in [2.05, 4.69) is 5.32 Å². The highest BCUT2D eigenvalue weighted by atomic mass is 32.2. The summed E-state index contributed by atoms with van der Waals surface area (Å²) in [5.74, 6) is -0.824. The number of carbonyl (C=O) groups is 2. The van der Waals surface area contributed by atoms with Crippen LogP contribution in [-0.4, -0.2) is 44.2 Å². The molecule has 2 aromatic carbocycles. The predicted molar refractivity (Wildman–Crippen MR) is 117 cm³/mol. The topological polar surface area (TPSA) is 98.8 Å². The van der Waals surface area contributed by atoms with Crippen molar-refractivity contribution >= 4 is 33.4 Å². The van der Waals surface area contributed by atoms with Gasteiger partial charge >= 0.3 is 10.2 Å². The normalized spacial score (nSPS) is 17.4. The van der Waals surface area contributed by atoms with E-state index in [0.717, 1.165) is 15.6 Å². The van der Waals surface area contributed by atoms with E-state index in [-0.39, 0.29) is 12.5 Å². The lowest BCUT2D eigenvalue weighted by molar-refractivity contribution is -0.125. The van der Waals surface area contributed by atoms with Gasteiger partial charge in [0.1, 0.15) is 5.54 Å². The largest absolute Gasteiger partial charge is 0.377 e. The van der Waals surface area contributed by atoms with Crippen molar-refractivity contribution in [2.75, 3.05) is 24.3 Å². The number of anilines is 2. The van der Waals surface area contributed by atoms with Gasteiger partial charge in [0.2, 0.25) is 0 Å². The number of nitrogens with one attached hydrogen (secondary N) is 2. The Labute approximate surface area is 177 Å². The highest BCUT2D eigenvalue weighted by molar-refractivity contribution is 7.88. The van der Waals surface area contributed by atoms with Crippen LogP contribution >= 0.6 is 0 Å². The van der Waals surface area contributed by atoms with Crippen LogP contribution in [0.3, 0.4) is 0 Å². The van der Waals surface area contributed by atoms with Crippen LogP contribution < -0.4 is 14.9 Å². The van der Waals surface area contributed by atoms with Gasteiger partial charge in [0.25, 0.3) is 11.8 Å². The average Bonchev–Trinajstić information content (AvgIpc) is 2.81. The molecule has 8 nitrogen and oxygen atoms in total. The average molecular weight is 431 g/mol. The number of benzene rings is 2. The molecule has 0 spiro atoms. The Hall–Kier alpha value is -2.91. The van der Waals surface area contributed by atoms with Gasteiger partial charge in [-0.05, 0) is 56.2 Å². The van der Waals surface area contributed by atoms with Crippen molar-refractivity contribution in [3.05, 3.63) is 59.2 Å². The molecule has 30 heavy (non-hydrogen) atoms. The van der Waals surface area contributed by atoms with Gasteiger partial charge in [-0.1, -0.05) is 18.2 Å². The monoisotopic (exact) mass is 430 g/mol. The van der Waals surface area contributed by atoms with Crippen LogP contribution in [0.5, 0.6) is 0 Å². The van der Waals surface area contributed by atoms with Gasteiger partial charge < -0.3 is 10.2 Å². The summed E-state index contributed by atoms with van der Waals surface area (Å²) in [4.78, 5) is 26.5. The summed E-state index contributed by atoms with van der Waals surface area (Å²) >= 11 is 0. The van der Waals surface area contributed by atoms with Crippen LogP contribution in [0.2, 0.25) is 0 Å². The highest BCUT2D eigenvalue weighted by Crippen LogP contribution is 2.27. The zero-order chi connectivity index (χ0) is 22.3. The van der Waals surface area contributed by atoms with E-state index in [0.29, 0.717) is 16.8 Å². The minimum absolute atomic E-state index is 0.0279. The molecule has 1 saturated heterocycles. The van der Waals surface area contributed by atoms with Crippen molar-refractivity contribution in [2.45, 2.75) is 32.9 Å². The molecule has 2 aromatic rings. The number of aryl methyl sites for hydroxylation is 1. The van der Waals surface area contributed by atoms with Crippen molar-refractivity contribution in [2.24, 2.45) is 0 Å². The molecular weight excluding hydrogens is 404 g/mol. The molecule has 2 amide bonds. The number of hydrogen-bond acceptors (Lipinski definition) is 5. The van der Waals surface area contributed by atoms with Gasteiger partial charge in [-0.25, -0.2) is 4.72 Å². The maximum Gasteiger partial charge on any atom is 0.305 e. The minimum Gasteiger partial charge on any atom is -0.377 e. The molecule has 3 rings (SSSR count). The standard InChI is InChI=1S/C21H26N4O4S/c1-14-6-11-17(12-18(14)24(4)5)22-19(26)16-9-7-15(8-10-16)13-25-21(2,3)20(27)23-30(25,28)29/h6-12H,13H2,1-5H3,(H,22,26)(H,23,27). The number of nitrogens with zero attached hydrogens (tertiary/aromatic N) is 2. The SMILES string of the molecule is Cc1ccc(NC(=O)c2ccc(CN3C(C)(C)C(=O)NS3(=O)=O)cc2)cc1N(C)C. The van der Waals surface area contributed by atoms with Crippen molar-refractivity contribution in [3.63, 3.8) is 0 Å². The lowest BCUT2D eigenvalue weighted by Gasteiger charge is -2.25. The summed E-state index contributed by atoms with van der Waals surface area (Å²) in [6.07, 6.45) is 0. The first-order valence-electron chi connectivity index (χ1n) is 9.45. The lowest BCUT2D eigenvalue weighted by atomic mass is 10.0. The maximum atomic E-state index is 12.6. The molecule has 1 aliphatic heterocycles. The summed E-state index contributed by atoms with van der Waals surface area (Å²) in [6.45, 7) is 5.14. The zero-order valence-corrected chi connectivity index (χ0v) is 18.5. The van der Waals surface area contributed by atoms with E-state index in [1.54, 1.807) is 38.1 Å². The second-order valence-corrected chi connectivity index (χ2v) is 9.64. The Morgan fingerprint density at radius 2 is 1.77 bits per heavy atom. The van der Waals surface area contributed by atoms with Crippen LogP contribution in [0.15, 0.2) is 42.5 Å². The molecule has 9 heteroatoms. The zero-order valence-electron chi connectivity index (χ0n) is 17.7. The quantitative estimate of drug-likeness (QED) is 0.758. The Kier molecular flexibility index (Phi) is 5.62. The number of amides is 2. The molecule has 0 aromatic heterocycles. The van der Waals surface area contributed by atoms with E-state index in [9.17, 15) is 18.0 Å². The van der Waals surface area contributed by atoms with Gasteiger partial charge in [-0.15, -0.1) is 0 Å². The molecule has 1 aliphatic rings. The van der Waals surface area contributed by atoms with E-state index in [1.165, 1.54) is 0 Å². The molecule has 0 bridgehead atoms. The lowest BCUT2D eigenvalue weighted by Crippen LogP contribution is -2.43. The summed E-state index contributed by atoms with van der Waals surface area (Å²) in [6, 6.07) is 12.3. The fraction of sp³-hybridized carbons (Fsp3) is 0.333. The Balaban J connectivity index is 1.74. The Morgan fingerprint density at radius 3 is 2.30 bits per heavy atom. The molecule has 1 heterocycles. The molecule has 0 aliphatic carbocycles. The molecule has 1 fully saturated rings. The molecule has 0 radical (unpaired) electrons. The van der Waals surface area contributed by atoms with Crippen LogP contribution in [0.1, 0.15) is 35.3 Å². The van der Waals surface area contributed by atoms with Crippen molar-refractivity contribution in [1.29, 1.82) is 0 Å². The third-order valence-electron chi connectivity index (χ3n) is 5.18. The maximum absolute atomic E-state index is 12.6. The molecule has 0 saturated carbocycles. The summed E-state index contributed by atoms with van der Waals surface area (Å²) in [7, 11) is 0.0107. The van der Waals surface area contributed by atoms with Crippen molar-refractivity contribution < 1.29 is 18.0 Å². The van der Waals surface area contributed by atoms with E-state index in [1.807, 2.05) is 48.8 Å². The first-order valence-corrected chi connectivity index (χ1v) is 10.9. The van der Waals surface area contributed by atoms with E-state index in [4.69, 9.17) is 0 Å². The number of carbonyl (C=O) groups excluding carboxylic acids is 2. The van der Waals surface area contributed by atoms with Crippen LogP contribution in [0.25, 0.3) is 0 Å². The second-order valence-electron chi connectivity index (χ2n) is 8.05. The summed E-state index contributed by atoms with van der Waals surface area (Å²) < 4.78 is 27.5. The smallest absolute Gasteiger partial charge is 0.305 e. The number of hydrogen-bond donors (Lipinski definition) is 2. The molecule has 0 atom stereocenters. The highest BCUT2D eigenvalue weighted by Gasteiger charge is 2.50. The summed E-state index contributed by atoms with van der Waals surface area (Å²) in [5, 5.41) is 2.88.